The van der Waals surface area contributed by atoms with Crippen molar-refractivity contribution in [1.29, 1.82) is 0 Å². The van der Waals surface area contributed by atoms with Gasteiger partial charge in [-0.2, -0.15) is 0 Å². The fourth-order valence-corrected chi connectivity index (χ4v) is 1.67. The van der Waals surface area contributed by atoms with Crippen molar-refractivity contribution >= 4 is 6.03 Å². The lowest BCUT2D eigenvalue weighted by Gasteiger charge is -2.12. The second kappa shape index (κ2) is 8.37. The maximum Gasteiger partial charge on any atom is 0.315 e. The first-order chi connectivity index (χ1) is 9.15. The standard InChI is InChI=1S/C14H22N2O3/c1-3-5-12(17)10-16-14(18)15-9-11-6-4-7-13(8-11)19-2/h4,6-8,12,17H,3,5,9-10H2,1-2H3,(H2,15,16,18). The highest BCUT2D eigenvalue weighted by Crippen LogP contribution is 2.11. The van der Waals surface area contributed by atoms with Gasteiger partial charge in [0.25, 0.3) is 0 Å². The molecule has 1 aromatic carbocycles. The van der Waals surface area contributed by atoms with Crippen LogP contribution in [0.4, 0.5) is 4.79 Å². The molecule has 0 saturated carbocycles. The number of aliphatic hydroxyl groups excluding tert-OH is 1. The first-order valence-electron chi connectivity index (χ1n) is 6.48. The van der Waals surface area contributed by atoms with Crippen LogP contribution in [0, 0.1) is 0 Å². The van der Waals surface area contributed by atoms with Gasteiger partial charge in [-0.25, -0.2) is 4.79 Å². The topological polar surface area (TPSA) is 70.6 Å². The van der Waals surface area contributed by atoms with Crippen LogP contribution in [-0.4, -0.2) is 30.9 Å². The number of benzene rings is 1. The first-order valence-corrected chi connectivity index (χ1v) is 6.48. The van der Waals surface area contributed by atoms with Gasteiger partial charge in [0, 0.05) is 13.1 Å². The average molecular weight is 266 g/mol. The predicted molar refractivity (Wildman–Crippen MR) is 74.1 cm³/mol. The molecule has 0 aliphatic carbocycles. The Morgan fingerprint density at radius 3 is 2.89 bits per heavy atom. The predicted octanol–water partition coefficient (Wildman–Crippen LogP) is 1.66. The molecule has 5 heteroatoms. The number of nitrogens with one attached hydrogen (secondary N) is 2. The fraction of sp³-hybridized carbons (Fsp3) is 0.500. The summed E-state index contributed by atoms with van der Waals surface area (Å²) in [5.74, 6) is 0.762. The summed E-state index contributed by atoms with van der Waals surface area (Å²) >= 11 is 0. The molecule has 1 unspecified atom stereocenters. The Kier molecular flexibility index (Phi) is 6.74. The van der Waals surface area contributed by atoms with E-state index in [0.717, 1.165) is 17.7 Å². The van der Waals surface area contributed by atoms with Gasteiger partial charge in [0.2, 0.25) is 0 Å². The van der Waals surface area contributed by atoms with E-state index in [9.17, 15) is 9.90 Å². The van der Waals surface area contributed by atoms with Crippen LogP contribution >= 0.6 is 0 Å². The third-order valence-corrected chi connectivity index (χ3v) is 2.71. The maximum absolute atomic E-state index is 11.5. The lowest BCUT2D eigenvalue weighted by Crippen LogP contribution is -2.39. The molecular weight excluding hydrogens is 244 g/mol. The van der Waals surface area contributed by atoms with Crippen LogP contribution in [0.2, 0.25) is 0 Å². The molecule has 19 heavy (non-hydrogen) atoms. The number of hydrogen-bond donors (Lipinski definition) is 3. The molecule has 3 N–H and O–H groups in total. The van der Waals surface area contributed by atoms with Crippen molar-refractivity contribution in [2.75, 3.05) is 13.7 Å². The number of ether oxygens (including phenoxy) is 1. The number of rotatable bonds is 7. The van der Waals surface area contributed by atoms with E-state index in [0.29, 0.717) is 13.0 Å². The minimum Gasteiger partial charge on any atom is -0.497 e. The Morgan fingerprint density at radius 1 is 1.42 bits per heavy atom. The van der Waals surface area contributed by atoms with Crippen molar-refractivity contribution < 1.29 is 14.6 Å². The van der Waals surface area contributed by atoms with Crippen LogP contribution in [0.3, 0.4) is 0 Å². The summed E-state index contributed by atoms with van der Waals surface area (Å²) in [4.78, 5) is 11.5. The van der Waals surface area contributed by atoms with E-state index in [1.54, 1.807) is 7.11 Å². The molecule has 1 rings (SSSR count). The quantitative estimate of drug-likeness (QED) is 0.703. The van der Waals surface area contributed by atoms with Crippen LogP contribution in [-0.2, 0) is 6.54 Å². The van der Waals surface area contributed by atoms with Gasteiger partial charge in [0.15, 0.2) is 0 Å². The molecule has 0 bridgehead atoms. The zero-order chi connectivity index (χ0) is 14.1. The lowest BCUT2D eigenvalue weighted by atomic mass is 10.2. The molecule has 0 aliphatic rings. The van der Waals surface area contributed by atoms with Gasteiger partial charge in [-0.3, -0.25) is 0 Å². The Labute approximate surface area is 114 Å². The molecular formula is C14H22N2O3. The highest BCUT2D eigenvalue weighted by Gasteiger charge is 2.05. The van der Waals surface area contributed by atoms with E-state index in [1.807, 2.05) is 31.2 Å². The van der Waals surface area contributed by atoms with Gasteiger partial charge in [-0.05, 0) is 24.1 Å². The van der Waals surface area contributed by atoms with Gasteiger partial charge < -0.3 is 20.5 Å². The molecule has 5 nitrogen and oxygen atoms in total. The van der Waals surface area contributed by atoms with Crippen molar-refractivity contribution in [1.82, 2.24) is 10.6 Å². The van der Waals surface area contributed by atoms with E-state index in [-0.39, 0.29) is 12.6 Å². The summed E-state index contributed by atoms with van der Waals surface area (Å²) in [6.45, 7) is 2.69. The number of hydrogen-bond acceptors (Lipinski definition) is 3. The highest BCUT2D eigenvalue weighted by atomic mass is 16.5. The minimum atomic E-state index is -0.479. The van der Waals surface area contributed by atoms with Crippen LogP contribution in [0.1, 0.15) is 25.3 Å². The van der Waals surface area contributed by atoms with E-state index >= 15 is 0 Å². The first kappa shape index (κ1) is 15.3. The second-order valence-electron chi connectivity index (χ2n) is 4.36. The Hall–Kier alpha value is -1.75. The number of amides is 2. The third-order valence-electron chi connectivity index (χ3n) is 2.71. The zero-order valence-electron chi connectivity index (χ0n) is 11.5. The summed E-state index contributed by atoms with van der Waals surface area (Å²) < 4.78 is 5.11. The van der Waals surface area contributed by atoms with Crippen molar-refractivity contribution in [3.8, 4) is 5.75 Å². The van der Waals surface area contributed by atoms with Gasteiger partial charge in [-0.1, -0.05) is 25.5 Å². The largest absolute Gasteiger partial charge is 0.497 e. The van der Waals surface area contributed by atoms with Crippen LogP contribution in [0.5, 0.6) is 5.75 Å². The van der Waals surface area contributed by atoms with Crippen molar-refractivity contribution in [3.05, 3.63) is 29.8 Å². The summed E-state index contributed by atoms with van der Waals surface area (Å²) in [5, 5.41) is 14.9. The minimum absolute atomic E-state index is 0.276. The number of urea groups is 1. The van der Waals surface area contributed by atoms with Gasteiger partial charge in [0.1, 0.15) is 5.75 Å². The third kappa shape index (κ3) is 6.10. The molecule has 0 spiro atoms. The maximum atomic E-state index is 11.5. The van der Waals surface area contributed by atoms with Crippen LogP contribution in [0.15, 0.2) is 24.3 Å². The number of methoxy groups -OCH3 is 1. The molecule has 2 amide bonds. The molecule has 0 aromatic heterocycles. The van der Waals surface area contributed by atoms with E-state index in [1.165, 1.54) is 0 Å². The van der Waals surface area contributed by atoms with E-state index < -0.39 is 6.10 Å². The molecule has 1 atom stereocenters. The number of carbonyl (C=O) groups is 1. The van der Waals surface area contributed by atoms with Crippen LogP contribution < -0.4 is 15.4 Å². The molecule has 0 radical (unpaired) electrons. The zero-order valence-corrected chi connectivity index (χ0v) is 11.5. The van der Waals surface area contributed by atoms with Crippen LogP contribution in [0.25, 0.3) is 0 Å². The normalized spacial score (nSPS) is 11.7. The summed E-state index contributed by atoms with van der Waals surface area (Å²) in [6.07, 6.45) is 1.11. The smallest absolute Gasteiger partial charge is 0.315 e. The highest BCUT2D eigenvalue weighted by molar-refractivity contribution is 5.73. The summed E-state index contributed by atoms with van der Waals surface area (Å²) in [6, 6.07) is 7.22. The van der Waals surface area contributed by atoms with Gasteiger partial charge >= 0.3 is 6.03 Å². The number of carbonyl (C=O) groups excluding carboxylic acids is 1. The van der Waals surface area contributed by atoms with Crippen molar-refractivity contribution in [3.63, 3.8) is 0 Å². The Balaban J connectivity index is 2.29. The number of aliphatic hydroxyl groups is 1. The molecule has 106 valence electrons. The molecule has 0 aliphatic heterocycles. The monoisotopic (exact) mass is 266 g/mol. The van der Waals surface area contributed by atoms with Crippen molar-refractivity contribution in [2.45, 2.75) is 32.4 Å². The summed E-state index contributed by atoms with van der Waals surface area (Å²) in [7, 11) is 1.61. The Morgan fingerprint density at radius 2 is 2.21 bits per heavy atom. The molecule has 0 fully saturated rings. The SMILES string of the molecule is CCCC(O)CNC(=O)NCc1cccc(OC)c1. The Bertz CT molecular complexity index is 396. The molecule has 0 heterocycles. The van der Waals surface area contributed by atoms with Gasteiger partial charge in [0.05, 0.1) is 13.2 Å². The van der Waals surface area contributed by atoms with Gasteiger partial charge in [-0.15, -0.1) is 0 Å². The van der Waals surface area contributed by atoms with Crippen molar-refractivity contribution in [2.24, 2.45) is 0 Å². The molecule has 0 saturated heterocycles. The second-order valence-corrected chi connectivity index (χ2v) is 4.36. The summed E-state index contributed by atoms with van der Waals surface area (Å²) in [5.41, 5.74) is 0.962. The van der Waals surface area contributed by atoms with E-state index in [2.05, 4.69) is 10.6 Å². The fourth-order valence-electron chi connectivity index (χ4n) is 1.67. The average Bonchev–Trinajstić information content (AvgIpc) is 2.43. The lowest BCUT2D eigenvalue weighted by molar-refractivity contribution is 0.160. The van der Waals surface area contributed by atoms with E-state index in [4.69, 9.17) is 4.74 Å². The molecule has 1 aromatic rings.